The SMILES string of the molecule is OC1c2c(C(F)(F)F)cn(CC3CC(F)(F)C3)c2CCC1(F)F. The number of aliphatic hydroxyl groups excluding tert-OH is 1. The fourth-order valence-electron chi connectivity index (χ4n) is 3.41. The molecular formula is C14H14F7NO. The zero-order chi connectivity index (χ0) is 17.2. The predicted octanol–water partition coefficient (Wildman–Crippen LogP) is 4.17. The van der Waals surface area contributed by atoms with Crippen molar-refractivity contribution < 1.29 is 35.8 Å². The molecule has 0 bridgehead atoms. The van der Waals surface area contributed by atoms with Crippen LogP contribution in [0.25, 0.3) is 0 Å². The van der Waals surface area contributed by atoms with Crippen molar-refractivity contribution in [3.05, 3.63) is 23.0 Å². The summed E-state index contributed by atoms with van der Waals surface area (Å²) in [5.41, 5.74) is -2.17. The Morgan fingerprint density at radius 3 is 2.30 bits per heavy atom. The molecule has 1 aromatic heterocycles. The van der Waals surface area contributed by atoms with E-state index in [0.717, 1.165) is 4.57 Å². The Morgan fingerprint density at radius 1 is 1.17 bits per heavy atom. The molecule has 2 nitrogen and oxygen atoms in total. The summed E-state index contributed by atoms with van der Waals surface area (Å²) in [6, 6.07) is 0. The van der Waals surface area contributed by atoms with Crippen LogP contribution in [0.15, 0.2) is 6.20 Å². The minimum Gasteiger partial charge on any atom is -0.382 e. The van der Waals surface area contributed by atoms with Crippen LogP contribution in [0.4, 0.5) is 30.7 Å². The molecule has 0 radical (unpaired) electrons. The standard InChI is InChI=1S/C14H14F7NO/c15-12(16)3-7(4-12)5-22-6-8(14(19,20)21)10-9(22)1-2-13(17,18)11(10)23/h6-7,11,23H,1-5H2. The molecule has 0 aromatic carbocycles. The Morgan fingerprint density at radius 2 is 1.78 bits per heavy atom. The number of nitrogens with zero attached hydrogens (tertiary/aromatic N) is 1. The van der Waals surface area contributed by atoms with Crippen LogP contribution < -0.4 is 0 Å². The Hall–Kier alpha value is -1.25. The summed E-state index contributed by atoms with van der Waals surface area (Å²) in [6.07, 6.45) is -8.74. The van der Waals surface area contributed by atoms with Gasteiger partial charge in [-0.05, 0) is 12.3 Å². The summed E-state index contributed by atoms with van der Waals surface area (Å²) >= 11 is 0. The van der Waals surface area contributed by atoms with E-state index in [9.17, 15) is 35.8 Å². The largest absolute Gasteiger partial charge is 0.418 e. The Balaban J connectivity index is 1.97. The first-order valence-electron chi connectivity index (χ1n) is 7.13. The van der Waals surface area contributed by atoms with E-state index in [1.807, 2.05) is 0 Å². The van der Waals surface area contributed by atoms with E-state index < -0.39 is 60.4 Å². The van der Waals surface area contributed by atoms with E-state index in [2.05, 4.69) is 0 Å². The summed E-state index contributed by atoms with van der Waals surface area (Å²) in [6.45, 7) is -0.0910. The second-order valence-electron chi connectivity index (χ2n) is 6.35. The van der Waals surface area contributed by atoms with E-state index in [1.165, 1.54) is 0 Å². The van der Waals surface area contributed by atoms with Crippen LogP contribution in [0.3, 0.4) is 0 Å². The van der Waals surface area contributed by atoms with Crippen molar-refractivity contribution in [2.75, 3.05) is 0 Å². The third-order valence-corrected chi connectivity index (χ3v) is 4.54. The highest BCUT2D eigenvalue weighted by Gasteiger charge is 2.51. The molecule has 9 heteroatoms. The molecule has 1 atom stereocenters. The quantitative estimate of drug-likeness (QED) is 0.800. The summed E-state index contributed by atoms with van der Waals surface area (Å²) in [5.74, 6) is -6.94. The van der Waals surface area contributed by atoms with Gasteiger partial charge < -0.3 is 9.67 Å². The van der Waals surface area contributed by atoms with Gasteiger partial charge in [-0.25, -0.2) is 17.6 Å². The lowest BCUT2D eigenvalue weighted by molar-refractivity contribution is -0.147. The molecule has 1 unspecified atom stereocenters. The Bertz CT molecular complexity index is 611. The van der Waals surface area contributed by atoms with Crippen LogP contribution in [0.2, 0.25) is 0 Å². The Labute approximate surface area is 126 Å². The van der Waals surface area contributed by atoms with Gasteiger partial charge in [0.25, 0.3) is 5.92 Å². The number of fused-ring (bicyclic) bond motifs is 1. The number of aliphatic hydroxyl groups is 1. The number of rotatable bonds is 2. The molecule has 23 heavy (non-hydrogen) atoms. The van der Waals surface area contributed by atoms with Gasteiger partial charge in [0.1, 0.15) is 6.10 Å². The van der Waals surface area contributed by atoms with E-state index in [0.29, 0.717) is 6.20 Å². The Kier molecular flexibility index (Phi) is 3.52. The van der Waals surface area contributed by atoms with Crippen molar-refractivity contribution in [3.8, 4) is 0 Å². The average molecular weight is 345 g/mol. The van der Waals surface area contributed by atoms with Crippen LogP contribution in [0, 0.1) is 5.92 Å². The molecule has 0 spiro atoms. The van der Waals surface area contributed by atoms with Crippen LogP contribution in [0.1, 0.15) is 42.2 Å². The van der Waals surface area contributed by atoms with Crippen molar-refractivity contribution in [1.82, 2.24) is 4.57 Å². The minimum atomic E-state index is -4.90. The molecule has 1 fully saturated rings. The number of aromatic nitrogens is 1. The first-order chi connectivity index (χ1) is 10.4. The number of halogens is 7. The summed E-state index contributed by atoms with van der Waals surface area (Å²) in [4.78, 5) is 0. The molecular weight excluding hydrogens is 331 g/mol. The summed E-state index contributed by atoms with van der Waals surface area (Å²) in [7, 11) is 0. The number of hydrogen-bond acceptors (Lipinski definition) is 1. The van der Waals surface area contributed by atoms with E-state index in [4.69, 9.17) is 0 Å². The lowest BCUT2D eigenvalue weighted by Crippen LogP contribution is -2.38. The van der Waals surface area contributed by atoms with Gasteiger partial charge in [0, 0.05) is 43.3 Å². The molecule has 1 saturated carbocycles. The normalized spacial score (nSPS) is 26.7. The van der Waals surface area contributed by atoms with Gasteiger partial charge in [0.2, 0.25) is 5.92 Å². The van der Waals surface area contributed by atoms with Gasteiger partial charge in [-0.1, -0.05) is 0 Å². The molecule has 3 rings (SSSR count). The van der Waals surface area contributed by atoms with Crippen molar-refractivity contribution >= 4 is 0 Å². The zero-order valence-corrected chi connectivity index (χ0v) is 11.8. The minimum absolute atomic E-state index is 0.0361. The highest BCUT2D eigenvalue weighted by atomic mass is 19.4. The average Bonchev–Trinajstić information content (AvgIpc) is 2.71. The second kappa shape index (κ2) is 4.87. The lowest BCUT2D eigenvalue weighted by Gasteiger charge is -2.36. The molecule has 1 aromatic rings. The van der Waals surface area contributed by atoms with Crippen molar-refractivity contribution in [1.29, 1.82) is 0 Å². The number of hydrogen-bond donors (Lipinski definition) is 1. The van der Waals surface area contributed by atoms with Crippen LogP contribution in [-0.2, 0) is 19.1 Å². The molecule has 130 valence electrons. The van der Waals surface area contributed by atoms with Gasteiger partial charge in [0.05, 0.1) is 5.56 Å². The summed E-state index contributed by atoms with van der Waals surface area (Å²) in [5, 5.41) is 9.65. The molecule has 0 saturated heterocycles. The third-order valence-electron chi connectivity index (χ3n) is 4.54. The van der Waals surface area contributed by atoms with Gasteiger partial charge in [-0.15, -0.1) is 0 Å². The lowest BCUT2D eigenvalue weighted by atomic mass is 9.81. The first kappa shape index (κ1) is 16.6. The highest BCUT2D eigenvalue weighted by molar-refractivity contribution is 5.40. The smallest absolute Gasteiger partial charge is 0.382 e. The maximum Gasteiger partial charge on any atom is 0.418 e. The van der Waals surface area contributed by atoms with Crippen LogP contribution in [0.5, 0.6) is 0 Å². The molecule has 1 N–H and O–H groups in total. The molecule has 1 heterocycles. The zero-order valence-electron chi connectivity index (χ0n) is 11.8. The van der Waals surface area contributed by atoms with E-state index >= 15 is 0 Å². The molecule has 0 amide bonds. The first-order valence-corrected chi connectivity index (χ1v) is 7.13. The van der Waals surface area contributed by atoms with Crippen molar-refractivity contribution in [2.45, 2.75) is 56.4 Å². The van der Waals surface area contributed by atoms with Gasteiger partial charge >= 0.3 is 6.18 Å². The van der Waals surface area contributed by atoms with Crippen molar-refractivity contribution in [3.63, 3.8) is 0 Å². The fraction of sp³-hybridized carbons (Fsp3) is 0.714. The molecule has 0 aliphatic heterocycles. The second-order valence-corrected chi connectivity index (χ2v) is 6.35. The van der Waals surface area contributed by atoms with Crippen LogP contribution >= 0.6 is 0 Å². The van der Waals surface area contributed by atoms with Gasteiger partial charge in [-0.3, -0.25) is 0 Å². The maximum atomic E-state index is 13.6. The molecule has 2 aliphatic rings. The third kappa shape index (κ3) is 2.83. The fourth-order valence-corrected chi connectivity index (χ4v) is 3.41. The topological polar surface area (TPSA) is 25.2 Å². The highest BCUT2D eigenvalue weighted by Crippen LogP contribution is 2.49. The van der Waals surface area contributed by atoms with Gasteiger partial charge in [-0.2, -0.15) is 13.2 Å². The van der Waals surface area contributed by atoms with E-state index in [1.54, 1.807) is 0 Å². The summed E-state index contributed by atoms with van der Waals surface area (Å²) < 4.78 is 93.2. The van der Waals surface area contributed by atoms with E-state index in [-0.39, 0.29) is 18.7 Å². The maximum absolute atomic E-state index is 13.6. The predicted molar refractivity (Wildman–Crippen MR) is 65.3 cm³/mol. The van der Waals surface area contributed by atoms with Gasteiger partial charge in [0.15, 0.2) is 0 Å². The van der Waals surface area contributed by atoms with Crippen molar-refractivity contribution in [2.24, 2.45) is 5.92 Å². The number of alkyl halides is 7. The van der Waals surface area contributed by atoms with Crippen LogP contribution in [-0.4, -0.2) is 21.5 Å². The monoisotopic (exact) mass is 345 g/mol. The molecule has 2 aliphatic carbocycles.